The molecule has 1 amide bonds. The maximum absolute atomic E-state index is 11.9. The SMILES string of the molecule is CCC(CC)NC(=O)Cn1nnc(-c2ccc(Br)cc2)n1. The van der Waals surface area contributed by atoms with Gasteiger partial charge in [0.25, 0.3) is 0 Å². The molecule has 0 saturated heterocycles. The van der Waals surface area contributed by atoms with Crippen molar-refractivity contribution in [3.63, 3.8) is 0 Å². The van der Waals surface area contributed by atoms with E-state index in [0.29, 0.717) is 5.82 Å². The van der Waals surface area contributed by atoms with Crippen molar-refractivity contribution in [3.8, 4) is 11.4 Å². The Morgan fingerprint density at radius 1 is 1.29 bits per heavy atom. The highest BCUT2D eigenvalue weighted by Gasteiger charge is 2.12. The van der Waals surface area contributed by atoms with Gasteiger partial charge < -0.3 is 5.32 Å². The Bertz CT molecular complexity index is 592. The third kappa shape index (κ3) is 4.35. The number of hydrogen-bond donors (Lipinski definition) is 1. The van der Waals surface area contributed by atoms with Crippen LogP contribution in [-0.2, 0) is 11.3 Å². The molecular weight excluding hydrogens is 334 g/mol. The summed E-state index contributed by atoms with van der Waals surface area (Å²) < 4.78 is 0.989. The fourth-order valence-corrected chi connectivity index (χ4v) is 2.18. The molecule has 0 atom stereocenters. The maximum Gasteiger partial charge on any atom is 0.243 e. The summed E-state index contributed by atoms with van der Waals surface area (Å²) in [6.45, 7) is 4.18. The van der Waals surface area contributed by atoms with E-state index < -0.39 is 0 Å². The minimum Gasteiger partial charge on any atom is -0.352 e. The molecule has 0 radical (unpaired) electrons. The molecule has 1 N–H and O–H groups in total. The fourth-order valence-electron chi connectivity index (χ4n) is 1.92. The Morgan fingerprint density at radius 2 is 1.95 bits per heavy atom. The summed E-state index contributed by atoms with van der Waals surface area (Å²) in [4.78, 5) is 13.2. The summed E-state index contributed by atoms with van der Waals surface area (Å²) in [5.41, 5.74) is 0.866. The normalized spacial score (nSPS) is 10.9. The van der Waals surface area contributed by atoms with E-state index in [-0.39, 0.29) is 18.5 Å². The number of aromatic nitrogens is 4. The molecule has 0 unspecified atom stereocenters. The van der Waals surface area contributed by atoms with Crippen LogP contribution in [0.2, 0.25) is 0 Å². The number of amides is 1. The largest absolute Gasteiger partial charge is 0.352 e. The van der Waals surface area contributed by atoms with Gasteiger partial charge in [-0.1, -0.05) is 29.8 Å². The number of benzene rings is 1. The summed E-state index contributed by atoms with van der Waals surface area (Å²) in [6.07, 6.45) is 1.83. The van der Waals surface area contributed by atoms with Crippen LogP contribution < -0.4 is 5.32 Å². The van der Waals surface area contributed by atoms with Crippen molar-refractivity contribution in [1.29, 1.82) is 0 Å². The number of halogens is 1. The first-order valence-corrected chi connectivity index (χ1v) is 7.74. The minimum atomic E-state index is -0.0940. The highest BCUT2D eigenvalue weighted by atomic mass is 79.9. The number of rotatable bonds is 6. The number of nitrogens with one attached hydrogen (secondary N) is 1. The molecule has 7 heteroatoms. The van der Waals surface area contributed by atoms with E-state index in [9.17, 15) is 4.79 Å². The molecule has 112 valence electrons. The van der Waals surface area contributed by atoms with E-state index >= 15 is 0 Å². The molecule has 0 bridgehead atoms. The van der Waals surface area contributed by atoms with Crippen LogP contribution in [0.25, 0.3) is 11.4 Å². The molecule has 1 aromatic carbocycles. The second-order valence-corrected chi connectivity index (χ2v) is 5.65. The lowest BCUT2D eigenvalue weighted by molar-refractivity contribution is -0.122. The van der Waals surface area contributed by atoms with Crippen LogP contribution in [0.4, 0.5) is 0 Å². The monoisotopic (exact) mass is 351 g/mol. The molecule has 0 saturated carbocycles. The lowest BCUT2D eigenvalue weighted by atomic mass is 10.2. The van der Waals surface area contributed by atoms with Gasteiger partial charge in [-0.15, -0.1) is 10.2 Å². The Labute approximate surface area is 132 Å². The van der Waals surface area contributed by atoms with Crippen LogP contribution in [0.1, 0.15) is 26.7 Å². The van der Waals surface area contributed by atoms with E-state index in [1.54, 1.807) is 0 Å². The minimum absolute atomic E-state index is 0.0834. The van der Waals surface area contributed by atoms with Gasteiger partial charge in [-0.05, 0) is 42.3 Å². The first-order valence-electron chi connectivity index (χ1n) is 6.95. The van der Waals surface area contributed by atoms with E-state index in [1.807, 2.05) is 38.1 Å². The first-order chi connectivity index (χ1) is 10.1. The number of nitrogens with zero attached hydrogens (tertiary/aromatic N) is 4. The number of tetrazole rings is 1. The number of carbonyl (C=O) groups is 1. The maximum atomic E-state index is 11.9. The molecule has 1 heterocycles. The van der Waals surface area contributed by atoms with Crippen molar-refractivity contribution in [2.75, 3.05) is 0 Å². The van der Waals surface area contributed by atoms with Crippen LogP contribution in [0.3, 0.4) is 0 Å². The zero-order valence-corrected chi connectivity index (χ0v) is 13.7. The molecule has 1 aromatic heterocycles. The van der Waals surface area contributed by atoms with Crippen molar-refractivity contribution in [2.45, 2.75) is 39.3 Å². The molecule has 2 aromatic rings. The number of hydrogen-bond acceptors (Lipinski definition) is 4. The molecule has 0 aliphatic carbocycles. The van der Waals surface area contributed by atoms with Crippen molar-refractivity contribution in [3.05, 3.63) is 28.7 Å². The molecule has 6 nitrogen and oxygen atoms in total. The van der Waals surface area contributed by atoms with E-state index in [0.717, 1.165) is 22.9 Å². The fraction of sp³-hybridized carbons (Fsp3) is 0.429. The Kier molecular flexibility index (Phi) is 5.44. The zero-order chi connectivity index (χ0) is 15.2. The molecule has 0 fully saturated rings. The van der Waals surface area contributed by atoms with Crippen LogP contribution in [0.15, 0.2) is 28.7 Å². The van der Waals surface area contributed by atoms with Gasteiger partial charge in [-0.3, -0.25) is 4.79 Å². The van der Waals surface area contributed by atoms with Gasteiger partial charge in [0, 0.05) is 16.1 Å². The molecule has 21 heavy (non-hydrogen) atoms. The quantitative estimate of drug-likeness (QED) is 0.867. The standard InChI is InChI=1S/C14H18BrN5O/c1-3-12(4-2)16-13(21)9-20-18-14(17-19-20)10-5-7-11(15)8-6-10/h5-8,12H,3-4,9H2,1-2H3,(H,16,21). The van der Waals surface area contributed by atoms with Crippen LogP contribution >= 0.6 is 15.9 Å². The second-order valence-electron chi connectivity index (χ2n) is 4.73. The zero-order valence-electron chi connectivity index (χ0n) is 12.1. The predicted octanol–water partition coefficient (Wildman–Crippen LogP) is 2.41. The van der Waals surface area contributed by atoms with Crippen molar-refractivity contribution in [1.82, 2.24) is 25.5 Å². The van der Waals surface area contributed by atoms with Crippen molar-refractivity contribution in [2.24, 2.45) is 0 Å². The second kappa shape index (κ2) is 7.31. The van der Waals surface area contributed by atoms with Gasteiger partial charge in [0.1, 0.15) is 6.54 Å². The lowest BCUT2D eigenvalue weighted by Crippen LogP contribution is -2.36. The summed E-state index contributed by atoms with van der Waals surface area (Å²) in [7, 11) is 0. The third-order valence-corrected chi connectivity index (χ3v) is 3.72. The Hall–Kier alpha value is -1.76. The Morgan fingerprint density at radius 3 is 2.57 bits per heavy atom. The third-order valence-electron chi connectivity index (χ3n) is 3.19. The van der Waals surface area contributed by atoms with Crippen LogP contribution in [-0.4, -0.2) is 32.2 Å². The van der Waals surface area contributed by atoms with Gasteiger partial charge in [0.15, 0.2) is 0 Å². The molecule has 0 spiro atoms. The van der Waals surface area contributed by atoms with Crippen molar-refractivity contribution >= 4 is 21.8 Å². The lowest BCUT2D eigenvalue weighted by Gasteiger charge is -2.13. The Balaban J connectivity index is 2.00. The summed E-state index contributed by atoms with van der Waals surface area (Å²) in [6, 6.07) is 7.82. The molecule has 0 aliphatic heterocycles. The van der Waals surface area contributed by atoms with E-state index in [1.165, 1.54) is 4.80 Å². The summed E-state index contributed by atoms with van der Waals surface area (Å²) in [5.74, 6) is 0.418. The predicted molar refractivity (Wildman–Crippen MR) is 83.5 cm³/mol. The summed E-state index contributed by atoms with van der Waals surface area (Å²) in [5, 5.41) is 15.1. The van der Waals surface area contributed by atoms with Gasteiger partial charge in [-0.2, -0.15) is 4.80 Å². The summed E-state index contributed by atoms with van der Waals surface area (Å²) >= 11 is 3.38. The molecule has 0 aliphatic rings. The highest BCUT2D eigenvalue weighted by Crippen LogP contribution is 2.17. The van der Waals surface area contributed by atoms with E-state index in [2.05, 4.69) is 36.7 Å². The van der Waals surface area contributed by atoms with Gasteiger partial charge in [0.05, 0.1) is 0 Å². The van der Waals surface area contributed by atoms with Gasteiger partial charge in [-0.25, -0.2) is 0 Å². The van der Waals surface area contributed by atoms with E-state index in [4.69, 9.17) is 0 Å². The first kappa shape index (κ1) is 15.6. The van der Waals surface area contributed by atoms with Gasteiger partial charge >= 0.3 is 0 Å². The molecule has 2 rings (SSSR count). The van der Waals surface area contributed by atoms with Crippen molar-refractivity contribution < 1.29 is 4.79 Å². The highest BCUT2D eigenvalue weighted by molar-refractivity contribution is 9.10. The molecular formula is C14H18BrN5O. The van der Waals surface area contributed by atoms with Gasteiger partial charge in [0.2, 0.25) is 11.7 Å². The van der Waals surface area contributed by atoms with Crippen LogP contribution in [0.5, 0.6) is 0 Å². The smallest absolute Gasteiger partial charge is 0.243 e. The average Bonchev–Trinajstić information content (AvgIpc) is 2.94. The van der Waals surface area contributed by atoms with Crippen LogP contribution in [0, 0.1) is 0 Å². The average molecular weight is 352 g/mol. The topological polar surface area (TPSA) is 72.7 Å². The number of carbonyl (C=O) groups excluding carboxylic acids is 1.